The Morgan fingerprint density at radius 1 is 1.19 bits per heavy atom. The molecule has 0 saturated heterocycles. The highest BCUT2D eigenvalue weighted by molar-refractivity contribution is 6.35. The standard InChI is InChI=1S/C16H15Cl2NO2/c1-10-7-11(4-6-15(10)21-2)16(20)19-9-12-3-5-13(17)8-14(12)18/h3-8H,9H2,1-2H3,(H,19,20). The van der Waals surface area contributed by atoms with Crippen LogP contribution in [-0.2, 0) is 6.54 Å². The number of hydrogen-bond donors (Lipinski definition) is 1. The third-order valence-electron chi connectivity index (χ3n) is 3.11. The fraction of sp³-hybridized carbons (Fsp3) is 0.188. The minimum atomic E-state index is -0.160. The van der Waals surface area contributed by atoms with E-state index >= 15 is 0 Å². The van der Waals surface area contributed by atoms with Gasteiger partial charge in [-0.25, -0.2) is 0 Å². The van der Waals surface area contributed by atoms with Gasteiger partial charge in [-0.3, -0.25) is 4.79 Å². The van der Waals surface area contributed by atoms with Gasteiger partial charge in [0.1, 0.15) is 5.75 Å². The monoisotopic (exact) mass is 323 g/mol. The maximum absolute atomic E-state index is 12.1. The molecule has 0 unspecified atom stereocenters. The number of carbonyl (C=O) groups is 1. The summed E-state index contributed by atoms with van der Waals surface area (Å²) < 4.78 is 5.17. The van der Waals surface area contributed by atoms with Crippen LogP contribution in [-0.4, -0.2) is 13.0 Å². The number of ether oxygens (including phenoxy) is 1. The predicted molar refractivity (Wildman–Crippen MR) is 85.4 cm³/mol. The van der Waals surface area contributed by atoms with Gasteiger partial charge in [-0.05, 0) is 48.4 Å². The van der Waals surface area contributed by atoms with Gasteiger partial charge in [0.25, 0.3) is 5.91 Å². The first-order valence-corrected chi connectivity index (χ1v) is 7.13. The van der Waals surface area contributed by atoms with Gasteiger partial charge in [-0.1, -0.05) is 29.3 Å². The molecule has 2 rings (SSSR count). The molecule has 0 radical (unpaired) electrons. The summed E-state index contributed by atoms with van der Waals surface area (Å²) in [6, 6.07) is 10.5. The highest BCUT2D eigenvalue weighted by Gasteiger charge is 2.09. The lowest BCUT2D eigenvalue weighted by Gasteiger charge is -2.09. The summed E-state index contributed by atoms with van der Waals surface area (Å²) in [5.74, 6) is 0.596. The molecule has 2 aromatic carbocycles. The van der Waals surface area contributed by atoms with Crippen molar-refractivity contribution in [3.8, 4) is 5.75 Å². The van der Waals surface area contributed by atoms with Crippen LogP contribution in [0, 0.1) is 6.92 Å². The SMILES string of the molecule is COc1ccc(C(=O)NCc2ccc(Cl)cc2Cl)cc1C. The summed E-state index contributed by atoms with van der Waals surface area (Å²) >= 11 is 11.9. The average molecular weight is 324 g/mol. The summed E-state index contributed by atoms with van der Waals surface area (Å²) in [7, 11) is 1.60. The maximum Gasteiger partial charge on any atom is 0.251 e. The van der Waals surface area contributed by atoms with Gasteiger partial charge in [-0.2, -0.15) is 0 Å². The second-order valence-corrected chi connectivity index (χ2v) is 5.45. The van der Waals surface area contributed by atoms with E-state index < -0.39 is 0 Å². The van der Waals surface area contributed by atoms with Crippen molar-refractivity contribution in [1.82, 2.24) is 5.32 Å². The van der Waals surface area contributed by atoms with E-state index in [1.807, 2.05) is 6.92 Å². The number of amides is 1. The normalized spacial score (nSPS) is 10.3. The second-order valence-electron chi connectivity index (χ2n) is 4.60. The van der Waals surface area contributed by atoms with E-state index in [1.165, 1.54) is 0 Å². The molecule has 0 heterocycles. The first-order valence-electron chi connectivity index (χ1n) is 6.38. The molecule has 110 valence electrons. The van der Waals surface area contributed by atoms with Gasteiger partial charge in [0.2, 0.25) is 0 Å². The summed E-state index contributed by atoms with van der Waals surface area (Å²) in [6.07, 6.45) is 0. The van der Waals surface area contributed by atoms with Crippen LogP contribution in [0.1, 0.15) is 21.5 Å². The number of hydrogen-bond acceptors (Lipinski definition) is 2. The Morgan fingerprint density at radius 3 is 2.57 bits per heavy atom. The molecule has 3 nitrogen and oxygen atoms in total. The van der Waals surface area contributed by atoms with E-state index in [0.29, 0.717) is 22.2 Å². The Morgan fingerprint density at radius 2 is 1.95 bits per heavy atom. The number of carbonyl (C=O) groups excluding carboxylic acids is 1. The van der Waals surface area contributed by atoms with Crippen LogP contribution in [0.2, 0.25) is 10.0 Å². The van der Waals surface area contributed by atoms with Crippen molar-refractivity contribution in [3.63, 3.8) is 0 Å². The molecule has 1 amide bonds. The summed E-state index contributed by atoms with van der Waals surface area (Å²) in [4.78, 5) is 12.1. The Labute approximate surface area is 133 Å². The lowest BCUT2D eigenvalue weighted by Crippen LogP contribution is -2.23. The Kier molecular flexibility index (Phi) is 5.10. The molecule has 5 heteroatoms. The molecule has 0 fully saturated rings. The van der Waals surface area contributed by atoms with Crippen molar-refractivity contribution in [2.24, 2.45) is 0 Å². The predicted octanol–water partition coefficient (Wildman–Crippen LogP) is 4.24. The highest BCUT2D eigenvalue weighted by Crippen LogP contribution is 2.21. The number of aryl methyl sites for hydroxylation is 1. The van der Waals surface area contributed by atoms with Crippen molar-refractivity contribution in [2.45, 2.75) is 13.5 Å². The lowest BCUT2D eigenvalue weighted by molar-refractivity contribution is 0.0951. The topological polar surface area (TPSA) is 38.3 Å². The van der Waals surface area contributed by atoms with Crippen LogP contribution in [0.5, 0.6) is 5.75 Å². The number of methoxy groups -OCH3 is 1. The molecule has 0 aliphatic carbocycles. The van der Waals surface area contributed by atoms with Gasteiger partial charge in [0.05, 0.1) is 7.11 Å². The van der Waals surface area contributed by atoms with E-state index in [9.17, 15) is 4.79 Å². The van der Waals surface area contributed by atoms with E-state index in [-0.39, 0.29) is 5.91 Å². The molecule has 0 aliphatic heterocycles. The summed E-state index contributed by atoms with van der Waals surface area (Å²) in [6.45, 7) is 2.24. The minimum absolute atomic E-state index is 0.160. The van der Waals surface area contributed by atoms with Crippen molar-refractivity contribution < 1.29 is 9.53 Å². The van der Waals surface area contributed by atoms with Gasteiger partial charge >= 0.3 is 0 Å². The van der Waals surface area contributed by atoms with Crippen molar-refractivity contribution in [2.75, 3.05) is 7.11 Å². The molecule has 1 N–H and O–H groups in total. The Hall–Kier alpha value is -1.71. The molecular formula is C16H15Cl2NO2. The average Bonchev–Trinajstić information content (AvgIpc) is 2.46. The van der Waals surface area contributed by atoms with Crippen LogP contribution in [0.15, 0.2) is 36.4 Å². The summed E-state index contributed by atoms with van der Waals surface area (Å²) in [5.41, 5.74) is 2.31. The van der Waals surface area contributed by atoms with Gasteiger partial charge in [0.15, 0.2) is 0 Å². The summed E-state index contributed by atoms with van der Waals surface area (Å²) in [5, 5.41) is 3.94. The van der Waals surface area contributed by atoms with Crippen molar-refractivity contribution in [3.05, 3.63) is 63.1 Å². The second kappa shape index (κ2) is 6.83. The largest absolute Gasteiger partial charge is 0.496 e. The maximum atomic E-state index is 12.1. The molecule has 2 aromatic rings. The fourth-order valence-electron chi connectivity index (χ4n) is 1.96. The molecule has 21 heavy (non-hydrogen) atoms. The highest BCUT2D eigenvalue weighted by atomic mass is 35.5. The molecule has 0 aromatic heterocycles. The minimum Gasteiger partial charge on any atom is -0.496 e. The zero-order valence-corrected chi connectivity index (χ0v) is 13.3. The van der Waals surface area contributed by atoms with E-state index in [4.69, 9.17) is 27.9 Å². The number of benzene rings is 2. The molecule has 0 aliphatic rings. The van der Waals surface area contributed by atoms with E-state index in [0.717, 1.165) is 16.9 Å². The molecule has 0 atom stereocenters. The fourth-order valence-corrected chi connectivity index (χ4v) is 2.44. The van der Waals surface area contributed by atoms with Crippen LogP contribution in [0.3, 0.4) is 0 Å². The number of halogens is 2. The van der Waals surface area contributed by atoms with Gasteiger partial charge < -0.3 is 10.1 Å². The van der Waals surface area contributed by atoms with Gasteiger partial charge in [0, 0.05) is 22.2 Å². The molecule has 0 bridgehead atoms. The third kappa shape index (κ3) is 3.90. The first kappa shape index (κ1) is 15.7. The van der Waals surface area contributed by atoms with Crippen LogP contribution < -0.4 is 10.1 Å². The Balaban J connectivity index is 2.06. The molecule has 0 spiro atoms. The molecular weight excluding hydrogens is 309 g/mol. The molecule has 0 saturated carbocycles. The quantitative estimate of drug-likeness (QED) is 0.913. The third-order valence-corrected chi connectivity index (χ3v) is 3.70. The number of rotatable bonds is 4. The lowest BCUT2D eigenvalue weighted by atomic mass is 10.1. The van der Waals surface area contributed by atoms with Crippen molar-refractivity contribution >= 4 is 29.1 Å². The zero-order valence-electron chi connectivity index (χ0n) is 11.7. The van der Waals surface area contributed by atoms with Crippen LogP contribution >= 0.6 is 23.2 Å². The number of nitrogens with one attached hydrogen (secondary N) is 1. The van der Waals surface area contributed by atoms with Crippen LogP contribution in [0.4, 0.5) is 0 Å². The van der Waals surface area contributed by atoms with Crippen molar-refractivity contribution in [1.29, 1.82) is 0 Å². The zero-order chi connectivity index (χ0) is 15.4. The van der Waals surface area contributed by atoms with E-state index in [2.05, 4.69) is 5.32 Å². The van der Waals surface area contributed by atoms with Gasteiger partial charge in [-0.15, -0.1) is 0 Å². The van der Waals surface area contributed by atoms with E-state index in [1.54, 1.807) is 43.5 Å². The van der Waals surface area contributed by atoms with Crippen LogP contribution in [0.25, 0.3) is 0 Å². The Bertz CT molecular complexity index is 671. The first-order chi connectivity index (χ1) is 10.0. The smallest absolute Gasteiger partial charge is 0.251 e.